The molecular weight excluding hydrogens is 279 g/mol. The van der Waals surface area contributed by atoms with Gasteiger partial charge < -0.3 is 11.1 Å². The lowest BCUT2D eigenvalue weighted by atomic mass is 10.2. The van der Waals surface area contributed by atoms with Crippen LogP contribution < -0.4 is 11.1 Å². The Kier molecular flexibility index (Phi) is 7.22. The van der Waals surface area contributed by atoms with E-state index in [1.807, 2.05) is 0 Å². The summed E-state index contributed by atoms with van der Waals surface area (Å²) < 4.78 is 24.5. The summed E-state index contributed by atoms with van der Waals surface area (Å²) in [6, 6.07) is 3.80. The van der Waals surface area contributed by atoms with Gasteiger partial charge in [-0.1, -0.05) is 19.8 Å². The van der Waals surface area contributed by atoms with Gasteiger partial charge in [0.1, 0.15) is 5.82 Å². The number of hydrogen-bond acceptors (Lipinski definition) is 3. The van der Waals surface area contributed by atoms with Gasteiger partial charge in [0, 0.05) is 28.7 Å². The van der Waals surface area contributed by atoms with Gasteiger partial charge in [-0.3, -0.25) is 9.00 Å². The Balaban J connectivity index is 2.34. The molecule has 0 aliphatic carbocycles. The zero-order chi connectivity index (χ0) is 15.0. The number of unbranched alkanes of at least 4 members (excludes halogenated alkanes) is 2. The van der Waals surface area contributed by atoms with Gasteiger partial charge in [0.25, 0.3) is 0 Å². The average molecular weight is 300 g/mol. The van der Waals surface area contributed by atoms with Gasteiger partial charge in [-0.2, -0.15) is 0 Å². The van der Waals surface area contributed by atoms with Crippen molar-refractivity contribution in [2.75, 3.05) is 22.6 Å². The predicted octanol–water partition coefficient (Wildman–Crippen LogP) is 2.68. The Bertz CT molecular complexity index is 480. The van der Waals surface area contributed by atoms with Crippen molar-refractivity contribution in [3.05, 3.63) is 24.0 Å². The zero-order valence-corrected chi connectivity index (χ0v) is 12.5. The van der Waals surface area contributed by atoms with E-state index >= 15 is 0 Å². The molecule has 20 heavy (non-hydrogen) atoms. The molecule has 0 radical (unpaired) electrons. The van der Waals surface area contributed by atoms with Crippen LogP contribution in [0.5, 0.6) is 0 Å². The molecule has 0 bridgehead atoms. The second-order valence-corrected chi connectivity index (χ2v) is 6.28. The van der Waals surface area contributed by atoms with Crippen LogP contribution in [-0.2, 0) is 15.6 Å². The van der Waals surface area contributed by atoms with Gasteiger partial charge in [0.05, 0.1) is 11.4 Å². The minimum Gasteiger partial charge on any atom is -0.397 e. The van der Waals surface area contributed by atoms with Crippen molar-refractivity contribution in [2.24, 2.45) is 0 Å². The van der Waals surface area contributed by atoms with Gasteiger partial charge in [0.2, 0.25) is 5.91 Å². The molecule has 1 atom stereocenters. The largest absolute Gasteiger partial charge is 0.397 e. The van der Waals surface area contributed by atoms with E-state index in [4.69, 9.17) is 5.73 Å². The molecule has 4 nitrogen and oxygen atoms in total. The first-order chi connectivity index (χ1) is 9.52. The lowest BCUT2D eigenvalue weighted by molar-refractivity contribution is -0.115. The minimum absolute atomic E-state index is 0.176. The third-order valence-electron chi connectivity index (χ3n) is 2.82. The number of anilines is 2. The van der Waals surface area contributed by atoms with E-state index < -0.39 is 16.6 Å². The number of nitrogens with two attached hydrogens (primary N) is 1. The Labute approximate surface area is 121 Å². The molecule has 112 valence electrons. The SMILES string of the molecule is CCCCCS(=O)CCC(=O)Nc1ccc(F)cc1N. The van der Waals surface area contributed by atoms with E-state index in [2.05, 4.69) is 12.2 Å². The fourth-order valence-corrected chi connectivity index (χ4v) is 2.83. The van der Waals surface area contributed by atoms with E-state index in [1.54, 1.807) is 0 Å². The molecule has 6 heteroatoms. The highest BCUT2D eigenvalue weighted by atomic mass is 32.2. The Morgan fingerprint density at radius 2 is 2.10 bits per heavy atom. The number of benzene rings is 1. The third kappa shape index (κ3) is 6.14. The monoisotopic (exact) mass is 300 g/mol. The Morgan fingerprint density at radius 1 is 1.35 bits per heavy atom. The van der Waals surface area contributed by atoms with Crippen LogP contribution in [0, 0.1) is 5.82 Å². The maximum Gasteiger partial charge on any atom is 0.225 e. The summed E-state index contributed by atoms with van der Waals surface area (Å²) in [7, 11) is -0.961. The van der Waals surface area contributed by atoms with Gasteiger partial charge in [-0.15, -0.1) is 0 Å². The van der Waals surface area contributed by atoms with Crippen molar-refractivity contribution in [3.63, 3.8) is 0 Å². The van der Waals surface area contributed by atoms with Crippen LogP contribution in [0.4, 0.5) is 15.8 Å². The van der Waals surface area contributed by atoms with Crippen LogP contribution in [0.2, 0.25) is 0 Å². The highest BCUT2D eigenvalue weighted by Gasteiger charge is 2.08. The maximum absolute atomic E-state index is 12.9. The van der Waals surface area contributed by atoms with Crippen molar-refractivity contribution in [3.8, 4) is 0 Å². The molecule has 0 aliphatic rings. The number of rotatable bonds is 8. The summed E-state index contributed by atoms with van der Waals surface area (Å²) in [5.74, 6) is 0.279. The fourth-order valence-electron chi connectivity index (χ4n) is 1.68. The fraction of sp³-hybridized carbons (Fsp3) is 0.500. The van der Waals surface area contributed by atoms with Crippen molar-refractivity contribution in [1.29, 1.82) is 0 Å². The predicted molar refractivity (Wildman–Crippen MR) is 81.5 cm³/mol. The average Bonchev–Trinajstić information content (AvgIpc) is 2.40. The van der Waals surface area contributed by atoms with E-state index in [0.717, 1.165) is 25.3 Å². The quantitative estimate of drug-likeness (QED) is 0.572. The molecule has 0 heterocycles. The van der Waals surface area contributed by atoms with Gasteiger partial charge >= 0.3 is 0 Å². The number of carbonyl (C=O) groups excluding carboxylic acids is 1. The lowest BCUT2D eigenvalue weighted by Gasteiger charge is -2.08. The summed E-state index contributed by atoms with van der Waals surface area (Å²) in [5.41, 5.74) is 6.16. The first-order valence-electron chi connectivity index (χ1n) is 6.72. The summed E-state index contributed by atoms with van der Waals surface area (Å²) >= 11 is 0. The molecule has 1 aromatic carbocycles. The lowest BCUT2D eigenvalue weighted by Crippen LogP contribution is -2.16. The van der Waals surface area contributed by atoms with E-state index in [9.17, 15) is 13.4 Å². The molecule has 0 aliphatic heterocycles. The highest BCUT2D eigenvalue weighted by Crippen LogP contribution is 2.19. The van der Waals surface area contributed by atoms with Crippen LogP contribution in [0.3, 0.4) is 0 Å². The molecule has 3 N–H and O–H groups in total. The van der Waals surface area contributed by atoms with E-state index in [-0.39, 0.29) is 18.0 Å². The number of nitrogens with one attached hydrogen (secondary N) is 1. The summed E-state index contributed by atoms with van der Waals surface area (Å²) in [5, 5.41) is 2.59. The first-order valence-corrected chi connectivity index (χ1v) is 8.21. The van der Waals surface area contributed by atoms with E-state index in [0.29, 0.717) is 17.2 Å². The second kappa shape index (κ2) is 8.68. The molecule has 1 amide bonds. The summed E-state index contributed by atoms with van der Waals surface area (Å²) in [6.07, 6.45) is 3.25. The standard InChI is InChI=1S/C14H21FN2O2S/c1-2-3-4-8-20(19)9-7-14(18)17-13-6-5-11(15)10-12(13)16/h5-6,10H,2-4,7-9,16H2,1H3,(H,17,18). The normalized spacial score (nSPS) is 12.1. The molecule has 0 aromatic heterocycles. The van der Waals surface area contributed by atoms with Gasteiger partial charge in [-0.25, -0.2) is 4.39 Å². The number of amides is 1. The number of halogens is 1. The number of hydrogen-bond donors (Lipinski definition) is 2. The van der Waals surface area contributed by atoms with Crippen molar-refractivity contribution in [2.45, 2.75) is 32.6 Å². The smallest absolute Gasteiger partial charge is 0.225 e. The zero-order valence-electron chi connectivity index (χ0n) is 11.7. The van der Waals surface area contributed by atoms with Crippen LogP contribution >= 0.6 is 0 Å². The van der Waals surface area contributed by atoms with Gasteiger partial charge in [-0.05, 0) is 24.6 Å². The topological polar surface area (TPSA) is 72.2 Å². The molecule has 1 rings (SSSR count). The highest BCUT2D eigenvalue weighted by molar-refractivity contribution is 7.84. The molecule has 1 unspecified atom stereocenters. The van der Waals surface area contributed by atoms with Crippen LogP contribution in [0.15, 0.2) is 18.2 Å². The Morgan fingerprint density at radius 3 is 2.75 bits per heavy atom. The third-order valence-corrected chi connectivity index (χ3v) is 4.22. The number of carbonyl (C=O) groups is 1. The first kappa shape index (κ1) is 16.6. The van der Waals surface area contributed by atoms with E-state index in [1.165, 1.54) is 12.1 Å². The summed E-state index contributed by atoms with van der Waals surface area (Å²) in [6.45, 7) is 2.09. The second-order valence-electron chi connectivity index (χ2n) is 4.58. The maximum atomic E-state index is 12.9. The molecule has 0 fully saturated rings. The molecule has 0 saturated carbocycles. The Hall–Kier alpha value is -1.43. The molecular formula is C14H21FN2O2S. The molecule has 0 saturated heterocycles. The molecule has 1 aromatic rings. The van der Waals surface area contributed by atoms with Crippen molar-refractivity contribution in [1.82, 2.24) is 0 Å². The van der Waals surface area contributed by atoms with Crippen LogP contribution in [0.25, 0.3) is 0 Å². The van der Waals surface area contributed by atoms with Crippen LogP contribution in [0.1, 0.15) is 32.6 Å². The van der Waals surface area contributed by atoms with Gasteiger partial charge in [0.15, 0.2) is 0 Å². The van der Waals surface area contributed by atoms with Crippen LogP contribution in [-0.4, -0.2) is 21.6 Å². The van der Waals surface area contributed by atoms with Crippen molar-refractivity contribution < 1.29 is 13.4 Å². The minimum atomic E-state index is -0.961. The number of nitrogen functional groups attached to an aromatic ring is 1. The summed E-state index contributed by atoms with van der Waals surface area (Å²) in [4.78, 5) is 11.7. The van der Waals surface area contributed by atoms with Crippen molar-refractivity contribution >= 4 is 28.1 Å². The molecule has 0 spiro atoms.